The number of carbonyl (C=O) groups is 1. The second kappa shape index (κ2) is 8.38. The molecular formula is C20H24O2. The van der Waals surface area contributed by atoms with Gasteiger partial charge in [-0.15, -0.1) is 0 Å². The Labute approximate surface area is 133 Å². The van der Waals surface area contributed by atoms with Crippen LogP contribution in [0.15, 0.2) is 48.5 Å². The predicted molar refractivity (Wildman–Crippen MR) is 91.5 cm³/mol. The molecule has 0 fully saturated rings. The van der Waals surface area contributed by atoms with Crippen molar-refractivity contribution in [2.45, 2.75) is 39.0 Å². The quantitative estimate of drug-likeness (QED) is 0.474. The summed E-state index contributed by atoms with van der Waals surface area (Å²) in [6.07, 6.45) is 5.20. The van der Waals surface area contributed by atoms with Crippen LogP contribution in [0.2, 0.25) is 0 Å². The second-order valence-corrected chi connectivity index (χ2v) is 5.54. The second-order valence-electron chi connectivity index (χ2n) is 5.54. The lowest BCUT2D eigenvalue weighted by molar-refractivity contribution is 0.0979. The average Bonchev–Trinajstić information content (AvgIpc) is 2.59. The lowest BCUT2D eigenvalue weighted by Crippen LogP contribution is -1.98. The van der Waals surface area contributed by atoms with Crippen LogP contribution in [0, 0.1) is 0 Å². The van der Waals surface area contributed by atoms with Crippen molar-refractivity contribution in [1.29, 1.82) is 0 Å². The van der Waals surface area contributed by atoms with Gasteiger partial charge in [-0.2, -0.15) is 0 Å². The Morgan fingerprint density at radius 1 is 0.864 bits per heavy atom. The molecule has 0 atom stereocenters. The maximum absolute atomic E-state index is 12.1. The zero-order valence-electron chi connectivity index (χ0n) is 13.5. The molecule has 0 radical (unpaired) electrons. The van der Waals surface area contributed by atoms with Crippen molar-refractivity contribution in [1.82, 2.24) is 0 Å². The van der Waals surface area contributed by atoms with Gasteiger partial charge in [0.15, 0.2) is 5.78 Å². The number of methoxy groups -OCH3 is 1. The molecule has 0 bridgehead atoms. The normalized spacial score (nSPS) is 10.5. The fraction of sp³-hybridized carbons (Fsp3) is 0.350. The monoisotopic (exact) mass is 296 g/mol. The molecule has 2 aromatic rings. The molecule has 0 unspecified atom stereocenters. The zero-order chi connectivity index (χ0) is 15.8. The summed E-state index contributed by atoms with van der Waals surface area (Å²) in [4.78, 5) is 12.1. The highest BCUT2D eigenvalue weighted by Crippen LogP contribution is 2.23. The summed E-state index contributed by atoms with van der Waals surface area (Å²) in [6, 6.07) is 15.8. The highest BCUT2D eigenvalue weighted by Gasteiger charge is 2.06. The molecule has 116 valence electrons. The Hall–Kier alpha value is -2.09. The summed E-state index contributed by atoms with van der Waals surface area (Å²) >= 11 is 0. The van der Waals surface area contributed by atoms with E-state index in [1.54, 1.807) is 7.11 Å². The van der Waals surface area contributed by atoms with Gasteiger partial charge in [-0.25, -0.2) is 0 Å². The van der Waals surface area contributed by atoms with Gasteiger partial charge in [0.1, 0.15) is 5.75 Å². The van der Waals surface area contributed by atoms with Crippen molar-refractivity contribution in [3.63, 3.8) is 0 Å². The SMILES string of the molecule is CCCCCCC(=O)c1ccc(-c2ccc(OC)cc2)cc1. The van der Waals surface area contributed by atoms with Crippen molar-refractivity contribution in [3.05, 3.63) is 54.1 Å². The minimum Gasteiger partial charge on any atom is -0.497 e. The standard InChI is InChI=1S/C20H24O2/c1-3-4-5-6-7-20(21)18-10-8-16(9-11-18)17-12-14-19(22-2)15-13-17/h8-15H,3-7H2,1-2H3. The molecule has 0 aliphatic carbocycles. The number of Topliss-reactive ketones (excluding diaryl/α,β-unsaturated/α-hetero) is 1. The van der Waals surface area contributed by atoms with Gasteiger partial charge in [-0.1, -0.05) is 62.6 Å². The van der Waals surface area contributed by atoms with Crippen LogP contribution in [-0.2, 0) is 0 Å². The van der Waals surface area contributed by atoms with Crippen LogP contribution >= 0.6 is 0 Å². The van der Waals surface area contributed by atoms with E-state index >= 15 is 0 Å². The van der Waals surface area contributed by atoms with Gasteiger partial charge >= 0.3 is 0 Å². The van der Waals surface area contributed by atoms with Gasteiger partial charge in [-0.05, 0) is 29.7 Å². The number of hydrogen-bond acceptors (Lipinski definition) is 2. The largest absolute Gasteiger partial charge is 0.497 e. The fourth-order valence-corrected chi connectivity index (χ4v) is 2.49. The minimum absolute atomic E-state index is 0.248. The van der Waals surface area contributed by atoms with Crippen LogP contribution < -0.4 is 4.74 Å². The first-order chi connectivity index (χ1) is 10.7. The Balaban J connectivity index is 1.98. The van der Waals surface area contributed by atoms with Crippen LogP contribution in [0.3, 0.4) is 0 Å². The zero-order valence-corrected chi connectivity index (χ0v) is 13.5. The third-order valence-electron chi connectivity index (χ3n) is 3.89. The van der Waals surface area contributed by atoms with Gasteiger partial charge in [0, 0.05) is 12.0 Å². The van der Waals surface area contributed by atoms with E-state index in [0.717, 1.165) is 35.3 Å². The Morgan fingerprint density at radius 3 is 2.00 bits per heavy atom. The molecule has 2 heteroatoms. The van der Waals surface area contributed by atoms with Crippen LogP contribution in [-0.4, -0.2) is 12.9 Å². The average molecular weight is 296 g/mol. The molecular weight excluding hydrogens is 272 g/mol. The summed E-state index contributed by atoms with van der Waals surface area (Å²) in [6.45, 7) is 2.18. The maximum Gasteiger partial charge on any atom is 0.162 e. The third kappa shape index (κ3) is 4.45. The van der Waals surface area contributed by atoms with Gasteiger partial charge in [-0.3, -0.25) is 4.79 Å². The van der Waals surface area contributed by atoms with E-state index in [1.165, 1.54) is 12.8 Å². The summed E-state index contributed by atoms with van der Waals surface area (Å²) in [5.74, 6) is 1.10. The Bertz CT molecular complexity index is 582. The summed E-state index contributed by atoms with van der Waals surface area (Å²) in [7, 11) is 1.66. The third-order valence-corrected chi connectivity index (χ3v) is 3.89. The van der Waals surface area contributed by atoms with E-state index < -0.39 is 0 Å². The summed E-state index contributed by atoms with van der Waals surface area (Å²) < 4.78 is 5.17. The number of unbranched alkanes of at least 4 members (excludes halogenated alkanes) is 3. The molecule has 0 aliphatic rings. The lowest BCUT2D eigenvalue weighted by Gasteiger charge is -2.06. The van der Waals surface area contributed by atoms with Gasteiger partial charge in [0.05, 0.1) is 7.11 Å². The first kappa shape index (κ1) is 16.3. The van der Waals surface area contributed by atoms with E-state index in [9.17, 15) is 4.79 Å². The Morgan fingerprint density at radius 2 is 1.45 bits per heavy atom. The van der Waals surface area contributed by atoms with Gasteiger partial charge < -0.3 is 4.74 Å². The highest BCUT2D eigenvalue weighted by molar-refractivity contribution is 5.96. The number of carbonyl (C=O) groups excluding carboxylic acids is 1. The van der Waals surface area contributed by atoms with Crippen molar-refractivity contribution >= 4 is 5.78 Å². The number of ketones is 1. The molecule has 2 aromatic carbocycles. The molecule has 0 N–H and O–H groups in total. The molecule has 22 heavy (non-hydrogen) atoms. The molecule has 0 amide bonds. The Kier molecular flexibility index (Phi) is 6.20. The van der Waals surface area contributed by atoms with Crippen molar-refractivity contribution in [2.75, 3.05) is 7.11 Å². The van der Waals surface area contributed by atoms with Crippen molar-refractivity contribution in [3.8, 4) is 16.9 Å². The highest BCUT2D eigenvalue weighted by atomic mass is 16.5. The van der Waals surface area contributed by atoms with Crippen molar-refractivity contribution < 1.29 is 9.53 Å². The number of benzene rings is 2. The van der Waals surface area contributed by atoms with E-state index in [-0.39, 0.29) is 5.78 Å². The number of ether oxygens (including phenoxy) is 1. The number of hydrogen-bond donors (Lipinski definition) is 0. The fourth-order valence-electron chi connectivity index (χ4n) is 2.49. The molecule has 0 aromatic heterocycles. The molecule has 2 rings (SSSR count). The summed E-state index contributed by atoms with van der Waals surface area (Å²) in [5, 5.41) is 0. The lowest BCUT2D eigenvalue weighted by atomic mass is 10.00. The first-order valence-electron chi connectivity index (χ1n) is 8.02. The molecule has 2 nitrogen and oxygen atoms in total. The molecule has 0 heterocycles. The molecule has 0 saturated carbocycles. The van der Waals surface area contributed by atoms with Crippen LogP contribution in [0.4, 0.5) is 0 Å². The molecule has 0 aliphatic heterocycles. The first-order valence-corrected chi connectivity index (χ1v) is 8.02. The van der Waals surface area contributed by atoms with Crippen LogP contribution in [0.25, 0.3) is 11.1 Å². The number of rotatable bonds is 8. The molecule has 0 saturated heterocycles. The van der Waals surface area contributed by atoms with E-state index in [1.807, 2.05) is 48.5 Å². The minimum atomic E-state index is 0.248. The van der Waals surface area contributed by atoms with Gasteiger partial charge in [0.2, 0.25) is 0 Å². The van der Waals surface area contributed by atoms with E-state index in [2.05, 4.69) is 6.92 Å². The molecule has 0 spiro atoms. The summed E-state index contributed by atoms with van der Waals surface area (Å²) in [5.41, 5.74) is 3.06. The van der Waals surface area contributed by atoms with Crippen LogP contribution in [0.5, 0.6) is 5.75 Å². The smallest absolute Gasteiger partial charge is 0.162 e. The topological polar surface area (TPSA) is 26.3 Å². The van der Waals surface area contributed by atoms with E-state index in [4.69, 9.17) is 4.74 Å². The van der Waals surface area contributed by atoms with E-state index in [0.29, 0.717) is 6.42 Å². The predicted octanol–water partition coefficient (Wildman–Crippen LogP) is 5.52. The van der Waals surface area contributed by atoms with Gasteiger partial charge in [0.25, 0.3) is 0 Å². The van der Waals surface area contributed by atoms with Crippen LogP contribution in [0.1, 0.15) is 49.4 Å². The maximum atomic E-state index is 12.1. The van der Waals surface area contributed by atoms with Crippen molar-refractivity contribution in [2.24, 2.45) is 0 Å².